The largest absolute Gasteiger partial charge is 0.369 e. The number of rotatable bonds is 4. The zero-order valence-corrected chi connectivity index (χ0v) is 15.3. The predicted molar refractivity (Wildman–Crippen MR) is 95.3 cm³/mol. The Kier molecular flexibility index (Phi) is 5.50. The average molecular weight is 390 g/mol. The quantitative estimate of drug-likeness (QED) is 0.758. The second-order valence-corrected chi connectivity index (χ2v) is 9.22. The first kappa shape index (κ1) is 18.4. The minimum absolute atomic E-state index is 0.0875. The normalized spacial score (nSPS) is 26.6. The first-order chi connectivity index (χ1) is 11.8. The molecule has 2 aliphatic rings. The molecule has 0 aromatic heterocycles. The zero-order chi connectivity index (χ0) is 18.0. The van der Waals surface area contributed by atoms with Crippen LogP contribution >= 0.6 is 11.6 Å². The number of anilines is 1. The lowest BCUT2D eigenvalue weighted by Crippen LogP contribution is -2.51. The number of benzene rings is 1. The van der Waals surface area contributed by atoms with Gasteiger partial charge >= 0.3 is 0 Å². The topological polar surface area (TPSA) is 69.7 Å². The maximum absolute atomic E-state index is 13.0. The lowest BCUT2D eigenvalue weighted by atomic mass is 10.2. The van der Waals surface area contributed by atoms with Gasteiger partial charge in [0.25, 0.3) is 0 Å². The van der Waals surface area contributed by atoms with Crippen molar-refractivity contribution in [3.63, 3.8) is 0 Å². The van der Waals surface area contributed by atoms with Gasteiger partial charge in [-0.25, -0.2) is 12.8 Å². The number of nitrogens with zero attached hydrogens (tertiary/aromatic N) is 2. The Morgan fingerprint density at radius 2 is 1.80 bits per heavy atom. The van der Waals surface area contributed by atoms with Crippen LogP contribution in [0, 0.1) is 5.82 Å². The molecule has 2 heterocycles. The minimum Gasteiger partial charge on any atom is -0.369 e. The first-order valence-corrected chi connectivity index (χ1v) is 10.4. The number of hydrogen-bond acceptors (Lipinski definition) is 5. The first-order valence-electron chi connectivity index (χ1n) is 8.19. The minimum atomic E-state index is -3.16. The van der Waals surface area contributed by atoms with Crippen LogP contribution in [-0.2, 0) is 14.6 Å². The van der Waals surface area contributed by atoms with Crippen LogP contribution in [0.1, 0.15) is 0 Å². The molecule has 0 aliphatic carbocycles. The Labute approximate surface area is 151 Å². The number of nitrogens with one attached hydrogen (secondary N) is 1. The van der Waals surface area contributed by atoms with Crippen LogP contribution < -0.4 is 10.2 Å². The molecule has 0 saturated carbocycles. The van der Waals surface area contributed by atoms with E-state index in [1.54, 1.807) is 12.1 Å². The lowest BCUT2D eigenvalue weighted by Gasteiger charge is -2.35. The summed E-state index contributed by atoms with van der Waals surface area (Å²) in [6, 6.07) is 5.86. The van der Waals surface area contributed by atoms with Gasteiger partial charge in [-0.15, -0.1) is 11.6 Å². The van der Waals surface area contributed by atoms with E-state index in [4.69, 9.17) is 11.6 Å². The van der Waals surface area contributed by atoms with E-state index in [1.165, 1.54) is 12.1 Å². The maximum Gasteiger partial charge on any atom is 0.234 e. The summed E-state index contributed by atoms with van der Waals surface area (Å²) in [5.74, 6) is -0.644. The molecule has 1 aromatic carbocycles. The van der Waals surface area contributed by atoms with Crippen LogP contribution in [0.3, 0.4) is 0 Å². The summed E-state index contributed by atoms with van der Waals surface area (Å²) in [6.07, 6.45) is 0. The van der Waals surface area contributed by atoms with Crippen molar-refractivity contribution >= 4 is 33.0 Å². The lowest BCUT2D eigenvalue weighted by molar-refractivity contribution is -0.122. The number of hydrogen-bond donors (Lipinski definition) is 1. The Hall–Kier alpha value is -1.38. The third-order valence-electron chi connectivity index (χ3n) is 4.56. The number of piperazine rings is 1. The molecule has 0 bridgehead atoms. The van der Waals surface area contributed by atoms with Gasteiger partial charge < -0.3 is 10.2 Å². The maximum atomic E-state index is 13.0. The summed E-state index contributed by atoms with van der Waals surface area (Å²) in [6.45, 7) is 3.12. The highest BCUT2D eigenvalue weighted by Gasteiger charge is 2.37. The SMILES string of the molecule is O=C(CN1CCN(c2ccc(F)cc2)CC1)N[C@H]1CS(=O)(=O)C[C@@H]1Cl. The second kappa shape index (κ2) is 7.47. The van der Waals surface area contributed by atoms with Crippen molar-refractivity contribution in [2.75, 3.05) is 49.1 Å². The summed E-state index contributed by atoms with van der Waals surface area (Å²) in [7, 11) is -3.16. The Morgan fingerprint density at radius 1 is 1.16 bits per heavy atom. The monoisotopic (exact) mass is 389 g/mol. The van der Waals surface area contributed by atoms with Crippen molar-refractivity contribution in [2.45, 2.75) is 11.4 Å². The van der Waals surface area contributed by atoms with Gasteiger partial charge in [-0.2, -0.15) is 0 Å². The van der Waals surface area contributed by atoms with Gasteiger partial charge in [0.2, 0.25) is 5.91 Å². The average Bonchev–Trinajstić information content (AvgIpc) is 2.80. The van der Waals surface area contributed by atoms with Crippen LogP contribution in [0.5, 0.6) is 0 Å². The molecule has 0 radical (unpaired) electrons. The summed E-state index contributed by atoms with van der Waals surface area (Å²) in [5.41, 5.74) is 0.964. The van der Waals surface area contributed by atoms with Gasteiger partial charge in [-0.05, 0) is 24.3 Å². The van der Waals surface area contributed by atoms with Gasteiger partial charge in [-0.1, -0.05) is 0 Å². The standard InChI is InChI=1S/C16H21ClFN3O3S/c17-14-10-25(23,24)11-15(14)19-16(22)9-20-5-7-21(8-6-20)13-3-1-12(18)2-4-13/h1-4,14-15H,5-11H2,(H,19,22)/t14-,15-/m0/s1. The number of alkyl halides is 1. The van der Waals surface area contributed by atoms with Crippen molar-refractivity contribution in [3.8, 4) is 0 Å². The van der Waals surface area contributed by atoms with Crippen LogP contribution in [0.4, 0.5) is 10.1 Å². The van der Waals surface area contributed by atoms with E-state index in [0.717, 1.165) is 18.8 Å². The molecule has 2 fully saturated rings. The summed E-state index contributed by atoms with van der Waals surface area (Å²) >= 11 is 6.01. The molecule has 9 heteroatoms. The van der Waals surface area contributed by atoms with Crippen molar-refractivity contribution in [2.24, 2.45) is 0 Å². The number of sulfone groups is 1. The summed E-state index contributed by atoms with van der Waals surface area (Å²) in [5, 5.41) is 2.17. The molecule has 138 valence electrons. The Morgan fingerprint density at radius 3 is 2.36 bits per heavy atom. The van der Waals surface area contributed by atoms with Gasteiger partial charge in [-0.3, -0.25) is 9.69 Å². The van der Waals surface area contributed by atoms with Gasteiger partial charge in [0.05, 0.1) is 29.5 Å². The summed E-state index contributed by atoms with van der Waals surface area (Å²) in [4.78, 5) is 16.3. The number of halogens is 2. The third kappa shape index (κ3) is 4.83. The predicted octanol–water partition coefficient (Wildman–Crippen LogP) is 0.468. The van der Waals surface area contributed by atoms with Crippen molar-refractivity contribution in [3.05, 3.63) is 30.1 Å². The second-order valence-electron chi connectivity index (χ2n) is 6.51. The van der Waals surface area contributed by atoms with E-state index in [9.17, 15) is 17.6 Å². The van der Waals surface area contributed by atoms with Crippen molar-refractivity contribution in [1.29, 1.82) is 0 Å². The fraction of sp³-hybridized carbons (Fsp3) is 0.562. The molecule has 1 amide bonds. The van der Waals surface area contributed by atoms with E-state index in [-0.39, 0.29) is 29.8 Å². The Bertz CT molecular complexity index is 721. The molecule has 0 unspecified atom stereocenters. The van der Waals surface area contributed by atoms with Gasteiger partial charge in [0, 0.05) is 31.9 Å². The van der Waals surface area contributed by atoms with E-state index >= 15 is 0 Å². The smallest absolute Gasteiger partial charge is 0.234 e. The van der Waals surface area contributed by atoms with Crippen molar-refractivity contribution < 1.29 is 17.6 Å². The molecule has 0 spiro atoms. The van der Waals surface area contributed by atoms with Crippen LogP contribution in [0.15, 0.2) is 24.3 Å². The van der Waals surface area contributed by atoms with Crippen molar-refractivity contribution in [1.82, 2.24) is 10.2 Å². The molecule has 2 atom stereocenters. The highest BCUT2D eigenvalue weighted by Crippen LogP contribution is 2.19. The van der Waals surface area contributed by atoms with Crippen LogP contribution in [0.2, 0.25) is 0 Å². The molecule has 2 saturated heterocycles. The van der Waals surface area contributed by atoms with E-state index in [2.05, 4.69) is 10.2 Å². The van der Waals surface area contributed by atoms with Crippen LogP contribution in [0.25, 0.3) is 0 Å². The number of carbonyl (C=O) groups is 1. The summed E-state index contributed by atoms with van der Waals surface area (Å²) < 4.78 is 36.1. The fourth-order valence-electron chi connectivity index (χ4n) is 3.21. The van der Waals surface area contributed by atoms with Crippen LogP contribution in [-0.4, -0.2) is 74.9 Å². The molecule has 2 aliphatic heterocycles. The number of carbonyl (C=O) groups excluding carboxylic acids is 1. The molecule has 25 heavy (non-hydrogen) atoms. The third-order valence-corrected chi connectivity index (χ3v) is 6.94. The molecule has 3 rings (SSSR count). The molecule has 1 aromatic rings. The van der Waals surface area contributed by atoms with E-state index in [0.29, 0.717) is 13.1 Å². The molecule has 1 N–H and O–H groups in total. The highest BCUT2D eigenvalue weighted by atomic mass is 35.5. The molecule has 6 nitrogen and oxygen atoms in total. The van der Waals surface area contributed by atoms with E-state index in [1.807, 2.05) is 4.90 Å². The fourth-order valence-corrected chi connectivity index (χ4v) is 5.76. The Balaban J connectivity index is 1.46. The molecular formula is C16H21ClFN3O3S. The van der Waals surface area contributed by atoms with E-state index < -0.39 is 21.3 Å². The molecular weight excluding hydrogens is 369 g/mol. The van der Waals surface area contributed by atoms with Gasteiger partial charge in [0.1, 0.15) is 5.82 Å². The van der Waals surface area contributed by atoms with Gasteiger partial charge in [0.15, 0.2) is 9.84 Å². The zero-order valence-electron chi connectivity index (χ0n) is 13.7. The highest BCUT2D eigenvalue weighted by molar-refractivity contribution is 7.91. The number of amides is 1.